The monoisotopic (exact) mass is 276 g/mol. The third-order valence-corrected chi connectivity index (χ3v) is 3.59. The van der Waals surface area contributed by atoms with Gasteiger partial charge in [-0.15, -0.1) is 0 Å². The summed E-state index contributed by atoms with van der Waals surface area (Å²) in [6, 6.07) is 5.49. The van der Waals surface area contributed by atoms with Gasteiger partial charge in [-0.2, -0.15) is 0 Å². The number of hydrogen-bond donors (Lipinski definition) is 2. The topological polar surface area (TPSA) is 59.6 Å². The molecule has 0 spiro atoms. The van der Waals surface area contributed by atoms with Gasteiger partial charge >= 0.3 is 0 Å². The number of hydrogen-bond acceptors (Lipinski definition) is 4. The molecule has 0 aromatic heterocycles. The van der Waals surface area contributed by atoms with Crippen LogP contribution in [-0.2, 0) is 4.79 Å². The Labute approximate surface area is 118 Å². The summed E-state index contributed by atoms with van der Waals surface area (Å²) in [5.74, 6) is 0.862. The second-order valence-electron chi connectivity index (χ2n) is 5.80. The second-order valence-corrected chi connectivity index (χ2v) is 5.80. The Bertz CT molecular complexity index is 522. The number of carbonyl (C=O) groups is 1. The van der Waals surface area contributed by atoms with Crippen LogP contribution in [-0.4, -0.2) is 24.8 Å². The average Bonchev–Trinajstić information content (AvgIpc) is 2.73. The molecular formula is C15H20N2O3. The molecule has 2 aliphatic rings. The number of nitrogens with one attached hydrogen (secondary N) is 2. The van der Waals surface area contributed by atoms with Gasteiger partial charge in [-0.05, 0) is 31.5 Å². The van der Waals surface area contributed by atoms with E-state index in [4.69, 9.17) is 9.47 Å². The quantitative estimate of drug-likeness (QED) is 0.869. The van der Waals surface area contributed by atoms with Crippen LogP contribution in [0.3, 0.4) is 0 Å². The summed E-state index contributed by atoms with van der Waals surface area (Å²) in [4.78, 5) is 12.2. The Morgan fingerprint density at radius 3 is 2.90 bits per heavy atom. The number of ether oxygens (including phenoxy) is 2. The van der Waals surface area contributed by atoms with Crippen molar-refractivity contribution in [1.82, 2.24) is 5.32 Å². The molecule has 0 unspecified atom stereocenters. The molecule has 3 rings (SSSR count). The Kier molecular flexibility index (Phi) is 3.30. The highest BCUT2D eigenvalue weighted by molar-refractivity contribution is 5.93. The summed E-state index contributed by atoms with van der Waals surface area (Å²) >= 11 is 0. The van der Waals surface area contributed by atoms with Crippen LogP contribution >= 0.6 is 0 Å². The third-order valence-electron chi connectivity index (χ3n) is 3.59. The van der Waals surface area contributed by atoms with Crippen LogP contribution in [0.2, 0.25) is 0 Å². The van der Waals surface area contributed by atoms with Crippen LogP contribution in [0.15, 0.2) is 18.2 Å². The number of rotatable bonds is 2. The molecule has 1 aromatic rings. The fraction of sp³-hybridized carbons (Fsp3) is 0.533. The van der Waals surface area contributed by atoms with Gasteiger partial charge < -0.3 is 20.1 Å². The first-order valence-electron chi connectivity index (χ1n) is 7.07. The van der Waals surface area contributed by atoms with E-state index in [9.17, 15) is 4.79 Å². The number of carbonyl (C=O) groups excluding carboxylic acids is 1. The van der Waals surface area contributed by atoms with Gasteiger partial charge in [0.05, 0.1) is 5.92 Å². The molecule has 1 atom stereocenters. The molecule has 2 aliphatic heterocycles. The van der Waals surface area contributed by atoms with E-state index in [-0.39, 0.29) is 11.8 Å². The van der Waals surface area contributed by atoms with E-state index < -0.39 is 5.79 Å². The zero-order valence-electron chi connectivity index (χ0n) is 11.9. The van der Waals surface area contributed by atoms with Crippen LogP contribution in [0.1, 0.15) is 26.7 Å². The zero-order valence-corrected chi connectivity index (χ0v) is 11.9. The number of benzene rings is 1. The Morgan fingerprint density at radius 1 is 1.35 bits per heavy atom. The van der Waals surface area contributed by atoms with Crippen molar-refractivity contribution in [2.24, 2.45) is 5.92 Å². The number of piperidine rings is 1. The van der Waals surface area contributed by atoms with E-state index in [1.54, 1.807) is 0 Å². The largest absolute Gasteiger partial charge is 0.449 e. The lowest BCUT2D eigenvalue weighted by molar-refractivity contribution is -0.120. The van der Waals surface area contributed by atoms with E-state index in [1.165, 1.54) is 0 Å². The second kappa shape index (κ2) is 4.98. The van der Waals surface area contributed by atoms with E-state index in [0.29, 0.717) is 11.5 Å². The standard InChI is InChI=1S/C15H20N2O3/c1-15(2)19-12-6-5-11(8-13(12)20-15)17-14(18)10-4-3-7-16-9-10/h5-6,8,10,16H,3-4,7,9H2,1-2H3,(H,17,18)/t10-/m1/s1. The van der Waals surface area contributed by atoms with Crippen molar-refractivity contribution in [3.63, 3.8) is 0 Å². The predicted octanol–water partition coefficient (Wildman–Crippen LogP) is 2.13. The summed E-state index contributed by atoms with van der Waals surface area (Å²) in [5.41, 5.74) is 0.751. The van der Waals surface area contributed by atoms with Crippen LogP contribution in [0, 0.1) is 5.92 Å². The highest BCUT2D eigenvalue weighted by atomic mass is 16.7. The van der Waals surface area contributed by atoms with E-state index in [1.807, 2.05) is 32.0 Å². The fourth-order valence-corrected chi connectivity index (χ4v) is 2.62. The molecule has 0 aliphatic carbocycles. The van der Waals surface area contributed by atoms with Crippen molar-refractivity contribution in [3.8, 4) is 11.5 Å². The molecule has 1 aromatic carbocycles. The average molecular weight is 276 g/mol. The van der Waals surface area contributed by atoms with Gasteiger partial charge in [0.15, 0.2) is 11.5 Å². The van der Waals surface area contributed by atoms with E-state index in [0.717, 1.165) is 31.6 Å². The van der Waals surface area contributed by atoms with Crippen LogP contribution in [0.5, 0.6) is 11.5 Å². The number of anilines is 1. The maximum atomic E-state index is 12.2. The summed E-state index contributed by atoms with van der Waals surface area (Å²) in [7, 11) is 0. The molecule has 0 radical (unpaired) electrons. The highest BCUT2D eigenvalue weighted by Gasteiger charge is 2.32. The van der Waals surface area contributed by atoms with Crippen LogP contribution in [0.25, 0.3) is 0 Å². The lowest BCUT2D eigenvalue weighted by Crippen LogP contribution is -2.37. The third kappa shape index (κ3) is 2.72. The molecule has 1 saturated heterocycles. The SMILES string of the molecule is CC1(C)Oc2ccc(NC(=O)[C@@H]3CCCNC3)cc2O1. The molecule has 2 N–H and O–H groups in total. The smallest absolute Gasteiger partial charge is 0.246 e. The Balaban J connectivity index is 1.68. The van der Waals surface area contributed by atoms with Crippen molar-refractivity contribution in [2.45, 2.75) is 32.5 Å². The van der Waals surface area contributed by atoms with Gasteiger partial charge in [0.2, 0.25) is 11.7 Å². The minimum Gasteiger partial charge on any atom is -0.449 e. The summed E-state index contributed by atoms with van der Waals surface area (Å²) in [5, 5.41) is 6.20. The summed E-state index contributed by atoms with van der Waals surface area (Å²) < 4.78 is 11.3. The molecule has 5 heteroatoms. The minimum absolute atomic E-state index is 0.0469. The fourth-order valence-electron chi connectivity index (χ4n) is 2.62. The van der Waals surface area contributed by atoms with Gasteiger partial charge in [-0.3, -0.25) is 4.79 Å². The molecule has 1 amide bonds. The number of fused-ring (bicyclic) bond motifs is 1. The highest BCUT2D eigenvalue weighted by Crippen LogP contribution is 2.40. The summed E-state index contributed by atoms with van der Waals surface area (Å²) in [6.45, 7) is 5.48. The van der Waals surface area contributed by atoms with Crippen molar-refractivity contribution >= 4 is 11.6 Å². The van der Waals surface area contributed by atoms with Crippen LogP contribution < -0.4 is 20.1 Å². The molecule has 108 valence electrons. The van der Waals surface area contributed by atoms with Gasteiger partial charge in [0.1, 0.15) is 0 Å². The molecule has 1 fully saturated rings. The molecule has 0 bridgehead atoms. The molecule has 20 heavy (non-hydrogen) atoms. The number of amides is 1. The maximum absolute atomic E-state index is 12.2. The first-order chi connectivity index (χ1) is 9.53. The lowest BCUT2D eigenvalue weighted by Gasteiger charge is -2.21. The maximum Gasteiger partial charge on any atom is 0.246 e. The van der Waals surface area contributed by atoms with E-state index in [2.05, 4.69) is 10.6 Å². The van der Waals surface area contributed by atoms with Gasteiger partial charge in [0.25, 0.3) is 0 Å². The first-order valence-corrected chi connectivity index (χ1v) is 7.07. The molecule has 2 heterocycles. The molecule has 5 nitrogen and oxygen atoms in total. The Hall–Kier alpha value is -1.75. The van der Waals surface area contributed by atoms with Crippen LogP contribution in [0.4, 0.5) is 5.69 Å². The van der Waals surface area contributed by atoms with Crippen molar-refractivity contribution in [3.05, 3.63) is 18.2 Å². The molecule has 0 saturated carbocycles. The normalized spacial score (nSPS) is 23.4. The van der Waals surface area contributed by atoms with Crippen molar-refractivity contribution in [1.29, 1.82) is 0 Å². The minimum atomic E-state index is -0.641. The van der Waals surface area contributed by atoms with Crippen molar-refractivity contribution in [2.75, 3.05) is 18.4 Å². The molecular weight excluding hydrogens is 256 g/mol. The van der Waals surface area contributed by atoms with Gasteiger partial charge in [-0.1, -0.05) is 0 Å². The van der Waals surface area contributed by atoms with Gasteiger partial charge in [0, 0.05) is 32.1 Å². The first kappa shape index (κ1) is 13.2. The van der Waals surface area contributed by atoms with Crippen molar-refractivity contribution < 1.29 is 14.3 Å². The zero-order chi connectivity index (χ0) is 14.2. The predicted molar refractivity (Wildman–Crippen MR) is 76.0 cm³/mol. The summed E-state index contributed by atoms with van der Waals surface area (Å²) in [6.07, 6.45) is 1.99. The Morgan fingerprint density at radius 2 is 2.15 bits per heavy atom. The van der Waals surface area contributed by atoms with Gasteiger partial charge in [-0.25, -0.2) is 0 Å². The lowest BCUT2D eigenvalue weighted by atomic mass is 9.99. The van der Waals surface area contributed by atoms with E-state index >= 15 is 0 Å².